The van der Waals surface area contributed by atoms with E-state index in [4.69, 9.17) is 9.47 Å². The van der Waals surface area contributed by atoms with Gasteiger partial charge in [0.1, 0.15) is 11.8 Å². The highest BCUT2D eigenvalue weighted by Gasteiger charge is 2.37. The number of carbonyl (C=O) groups is 1. The molecule has 0 N–H and O–H groups in total. The van der Waals surface area contributed by atoms with E-state index in [2.05, 4.69) is 60.4 Å². The summed E-state index contributed by atoms with van der Waals surface area (Å²) in [6.45, 7) is 3.33. The maximum Gasteiger partial charge on any atom is 0.324 e. The summed E-state index contributed by atoms with van der Waals surface area (Å²) in [7, 11) is 3.14. The Morgan fingerprint density at radius 3 is 1.83 bits per heavy atom. The van der Waals surface area contributed by atoms with Crippen LogP contribution < -0.4 is 4.74 Å². The number of hydrogen-bond donors (Lipinski definition) is 0. The number of carbonyl (C=O) groups excluding carboxylic acids is 1. The molecule has 0 aliphatic carbocycles. The molecule has 35 heavy (non-hydrogen) atoms. The van der Waals surface area contributed by atoms with Gasteiger partial charge in [-0.25, -0.2) is 0 Å². The monoisotopic (exact) mass is 485 g/mol. The topological polar surface area (TPSA) is 38.8 Å². The average Bonchev–Trinajstić information content (AvgIpc) is 3.33. The predicted octanol–water partition coefficient (Wildman–Crippen LogP) is 6.44. The van der Waals surface area contributed by atoms with Gasteiger partial charge in [0.2, 0.25) is 0 Å². The van der Waals surface area contributed by atoms with Crippen LogP contribution >= 0.6 is 11.3 Å². The van der Waals surface area contributed by atoms with E-state index < -0.39 is 6.04 Å². The van der Waals surface area contributed by atoms with Gasteiger partial charge in [-0.05, 0) is 47.9 Å². The van der Waals surface area contributed by atoms with Gasteiger partial charge in [-0.15, -0.1) is 11.3 Å². The second-order valence-electron chi connectivity index (χ2n) is 8.54. The van der Waals surface area contributed by atoms with E-state index in [1.54, 1.807) is 18.4 Å². The molecule has 0 radical (unpaired) electrons. The van der Waals surface area contributed by atoms with E-state index in [-0.39, 0.29) is 11.9 Å². The van der Waals surface area contributed by atoms with Crippen LogP contribution in [-0.4, -0.2) is 31.1 Å². The SMILES string of the molecule is COC(=O)[C@H]([C@@H](c1ccc(OC)cc1)c1ccc(C)s1)N(Cc1ccccc1)Cc1ccccc1. The number of aryl methyl sites for hydroxylation is 1. The molecule has 0 saturated heterocycles. The maximum absolute atomic E-state index is 13.6. The Kier molecular flexibility index (Phi) is 8.35. The lowest BCUT2D eigenvalue weighted by atomic mass is 9.88. The van der Waals surface area contributed by atoms with Crippen molar-refractivity contribution >= 4 is 17.3 Å². The van der Waals surface area contributed by atoms with Gasteiger partial charge in [0, 0.05) is 28.8 Å². The van der Waals surface area contributed by atoms with Gasteiger partial charge >= 0.3 is 5.97 Å². The summed E-state index contributed by atoms with van der Waals surface area (Å²) in [5, 5.41) is 0. The van der Waals surface area contributed by atoms with E-state index in [1.807, 2.05) is 48.5 Å². The first-order valence-corrected chi connectivity index (χ1v) is 12.5. The van der Waals surface area contributed by atoms with Crippen molar-refractivity contribution in [3.05, 3.63) is 124 Å². The molecule has 4 aromatic rings. The molecule has 0 saturated carbocycles. The van der Waals surface area contributed by atoms with E-state index in [1.165, 1.54) is 12.0 Å². The van der Waals surface area contributed by atoms with E-state index in [0.717, 1.165) is 27.3 Å². The van der Waals surface area contributed by atoms with Crippen LogP contribution in [0.3, 0.4) is 0 Å². The fourth-order valence-corrected chi connectivity index (χ4v) is 5.48. The van der Waals surface area contributed by atoms with Crippen molar-refractivity contribution in [1.82, 2.24) is 4.90 Å². The first-order valence-electron chi connectivity index (χ1n) is 11.7. The summed E-state index contributed by atoms with van der Waals surface area (Å²) in [5.74, 6) is 0.345. The highest BCUT2D eigenvalue weighted by Crippen LogP contribution is 2.37. The Morgan fingerprint density at radius 1 is 0.800 bits per heavy atom. The van der Waals surface area contributed by atoms with Gasteiger partial charge in [-0.1, -0.05) is 72.8 Å². The van der Waals surface area contributed by atoms with Crippen molar-refractivity contribution in [2.24, 2.45) is 0 Å². The van der Waals surface area contributed by atoms with E-state index >= 15 is 0 Å². The van der Waals surface area contributed by atoms with E-state index in [9.17, 15) is 4.79 Å². The van der Waals surface area contributed by atoms with Crippen molar-refractivity contribution in [2.75, 3.05) is 14.2 Å². The third kappa shape index (κ3) is 6.18. The fourth-order valence-electron chi connectivity index (χ4n) is 4.44. The Balaban J connectivity index is 1.83. The number of thiophene rings is 1. The molecule has 4 rings (SSSR count). The molecule has 5 heteroatoms. The summed E-state index contributed by atoms with van der Waals surface area (Å²) < 4.78 is 10.8. The van der Waals surface area contributed by atoms with Crippen molar-refractivity contribution in [3.63, 3.8) is 0 Å². The third-order valence-corrected chi connectivity index (χ3v) is 7.24. The molecule has 0 bridgehead atoms. The van der Waals surface area contributed by atoms with Crippen molar-refractivity contribution < 1.29 is 14.3 Å². The number of hydrogen-bond acceptors (Lipinski definition) is 5. The van der Waals surface area contributed by atoms with Crippen molar-refractivity contribution in [2.45, 2.75) is 32.0 Å². The Labute approximate surface area is 211 Å². The van der Waals surface area contributed by atoms with Gasteiger partial charge in [0.25, 0.3) is 0 Å². The Morgan fingerprint density at radius 2 is 1.37 bits per heavy atom. The van der Waals surface area contributed by atoms with Gasteiger partial charge < -0.3 is 9.47 Å². The first-order chi connectivity index (χ1) is 17.1. The molecule has 0 amide bonds. The molecule has 1 heterocycles. The molecule has 0 aliphatic heterocycles. The zero-order chi connectivity index (χ0) is 24.6. The summed E-state index contributed by atoms with van der Waals surface area (Å²) >= 11 is 1.72. The van der Waals surface area contributed by atoms with Gasteiger partial charge in [-0.3, -0.25) is 9.69 Å². The zero-order valence-electron chi connectivity index (χ0n) is 20.4. The lowest BCUT2D eigenvalue weighted by Gasteiger charge is -2.35. The van der Waals surface area contributed by atoms with Crippen LogP contribution in [0.25, 0.3) is 0 Å². The zero-order valence-corrected chi connectivity index (χ0v) is 21.2. The quantitative estimate of drug-likeness (QED) is 0.242. The Hall–Kier alpha value is -3.41. The summed E-state index contributed by atoms with van der Waals surface area (Å²) in [6.07, 6.45) is 0. The number of methoxy groups -OCH3 is 2. The lowest BCUT2D eigenvalue weighted by molar-refractivity contribution is -0.148. The molecular formula is C30H31NO3S. The first kappa shape index (κ1) is 24.7. The van der Waals surface area contributed by atoms with Crippen LogP contribution in [0.15, 0.2) is 97.1 Å². The number of nitrogens with zero attached hydrogens (tertiary/aromatic N) is 1. The minimum Gasteiger partial charge on any atom is -0.497 e. The third-order valence-electron chi connectivity index (χ3n) is 6.15. The minimum absolute atomic E-state index is 0.195. The second-order valence-corrected chi connectivity index (χ2v) is 9.86. The molecule has 1 aromatic heterocycles. The molecule has 0 unspecified atom stereocenters. The van der Waals surface area contributed by atoms with Crippen LogP contribution in [0.5, 0.6) is 5.75 Å². The van der Waals surface area contributed by atoms with Crippen LogP contribution in [0.2, 0.25) is 0 Å². The van der Waals surface area contributed by atoms with Crippen LogP contribution in [-0.2, 0) is 22.6 Å². The molecule has 0 fully saturated rings. The van der Waals surface area contributed by atoms with Crippen LogP contribution in [0, 0.1) is 6.92 Å². The molecule has 180 valence electrons. The molecule has 4 nitrogen and oxygen atoms in total. The summed E-state index contributed by atoms with van der Waals surface area (Å²) in [5.41, 5.74) is 3.34. The standard InChI is InChI=1S/C30H31NO3S/c1-22-14-19-27(35-22)28(25-15-17-26(33-2)18-16-25)29(30(32)34-3)31(20-23-10-6-4-7-11-23)21-24-12-8-5-9-13-24/h4-19,28-29H,20-21H2,1-3H3/t28-,29-/m0/s1. The maximum atomic E-state index is 13.6. The number of rotatable bonds is 10. The van der Waals surface area contributed by atoms with Crippen LogP contribution in [0.1, 0.15) is 32.4 Å². The van der Waals surface area contributed by atoms with Crippen molar-refractivity contribution in [1.29, 1.82) is 0 Å². The predicted molar refractivity (Wildman–Crippen MR) is 142 cm³/mol. The highest BCUT2D eigenvalue weighted by atomic mass is 32.1. The summed E-state index contributed by atoms with van der Waals surface area (Å²) in [4.78, 5) is 18.1. The van der Waals surface area contributed by atoms with Gasteiger partial charge in [0.05, 0.1) is 14.2 Å². The molecular weight excluding hydrogens is 454 g/mol. The fraction of sp³-hybridized carbons (Fsp3) is 0.233. The smallest absolute Gasteiger partial charge is 0.324 e. The molecule has 0 spiro atoms. The average molecular weight is 486 g/mol. The largest absolute Gasteiger partial charge is 0.497 e. The lowest BCUT2D eigenvalue weighted by Crippen LogP contribution is -2.45. The number of esters is 1. The van der Waals surface area contributed by atoms with Crippen LogP contribution in [0.4, 0.5) is 0 Å². The van der Waals surface area contributed by atoms with Gasteiger partial charge in [0.15, 0.2) is 0 Å². The highest BCUT2D eigenvalue weighted by molar-refractivity contribution is 7.12. The van der Waals surface area contributed by atoms with Crippen molar-refractivity contribution in [3.8, 4) is 5.75 Å². The Bertz CT molecular complexity index is 1160. The number of ether oxygens (including phenoxy) is 2. The normalized spacial score (nSPS) is 12.8. The minimum atomic E-state index is -0.521. The molecule has 2 atom stereocenters. The molecule has 0 aliphatic rings. The second kappa shape index (κ2) is 11.8. The molecule has 3 aromatic carbocycles. The number of benzene rings is 3. The summed E-state index contributed by atoms with van der Waals surface area (Å²) in [6, 6.07) is 32.3. The van der Waals surface area contributed by atoms with E-state index in [0.29, 0.717) is 13.1 Å². The van der Waals surface area contributed by atoms with Gasteiger partial charge in [-0.2, -0.15) is 0 Å².